The molecule has 1 aromatic carbocycles. The number of nitrogens with zero attached hydrogens (tertiary/aromatic N) is 1. The highest BCUT2D eigenvalue weighted by Gasteiger charge is 2.50. The lowest BCUT2D eigenvalue weighted by Gasteiger charge is -2.37. The van der Waals surface area contributed by atoms with Crippen LogP contribution in [0.4, 0.5) is 5.69 Å². The molecule has 0 saturated carbocycles. The van der Waals surface area contributed by atoms with Gasteiger partial charge in [-0.15, -0.1) is 0 Å². The summed E-state index contributed by atoms with van der Waals surface area (Å²) >= 11 is 0. The predicted octanol–water partition coefficient (Wildman–Crippen LogP) is 2.81. The van der Waals surface area contributed by atoms with Crippen LogP contribution in [0.3, 0.4) is 0 Å². The van der Waals surface area contributed by atoms with Gasteiger partial charge < -0.3 is 4.74 Å². The van der Waals surface area contributed by atoms with Crippen molar-refractivity contribution in [1.82, 2.24) is 0 Å². The number of cyclic esters (lactones) is 1. The van der Waals surface area contributed by atoms with Crippen LogP contribution in [0.5, 0.6) is 0 Å². The summed E-state index contributed by atoms with van der Waals surface area (Å²) in [6.07, 6.45) is -0.258. The van der Waals surface area contributed by atoms with E-state index in [1.165, 1.54) is 18.2 Å². The molecule has 2 atom stereocenters. The number of ketones is 1. The molecule has 112 valence electrons. The molecule has 1 saturated heterocycles. The minimum absolute atomic E-state index is 0.0873. The molecule has 0 radical (unpaired) electrons. The van der Waals surface area contributed by atoms with Gasteiger partial charge in [-0.2, -0.15) is 0 Å². The number of hydrogen-bond donors (Lipinski definition) is 0. The molecule has 0 bridgehead atoms. The average Bonchev–Trinajstić information content (AvgIpc) is 2.45. The summed E-state index contributed by atoms with van der Waals surface area (Å²) in [5.74, 6) is -1.26. The zero-order valence-corrected chi connectivity index (χ0v) is 12.2. The van der Waals surface area contributed by atoms with E-state index in [1.54, 1.807) is 19.9 Å². The number of carbonyl (C=O) groups excluding carboxylic acids is 2. The Morgan fingerprint density at radius 1 is 1.33 bits per heavy atom. The van der Waals surface area contributed by atoms with Gasteiger partial charge >= 0.3 is 5.97 Å². The monoisotopic (exact) mass is 291 g/mol. The molecular formula is C15H17NO5. The minimum atomic E-state index is -1.17. The number of nitro groups is 1. The van der Waals surface area contributed by atoms with Crippen LogP contribution in [0.25, 0.3) is 0 Å². The topological polar surface area (TPSA) is 86.5 Å². The van der Waals surface area contributed by atoms with Crippen LogP contribution in [0.1, 0.15) is 38.9 Å². The molecule has 1 aromatic rings. The van der Waals surface area contributed by atoms with E-state index in [0.717, 1.165) is 0 Å². The van der Waals surface area contributed by atoms with E-state index < -0.39 is 28.3 Å². The van der Waals surface area contributed by atoms with Crippen molar-refractivity contribution in [3.63, 3.8) is 0 Å². The molecule has 1 fully saturated rings. The first-order valence-corrected chi connectivity index (χ1v) is 6.78. The summed E-state index contributed by atoms with van der Waals surface area (Å²) in [5, 5.41) is 10.8. The van der Waals surface area contributed by atoms with Crippen LogP contribution in [0.15, 0.2) is 24.3 Å². The van der Waals surface area contributed by atoms with Crippen LogP contribution >= 0.6 is 0 Å². The number of carbonyl (C=O) groups is 2. The fourth-order valence-electron chi connectivity index (χ4n) is 2.56. The van der Waals surface area contributed by atoms with Crippen LogP contribution in [-0.4, -0.2) is 16.7 Å². The van der Waals surface area contributed by atoms with Crippen LogP contribution in [-0.2, 0) is 14.3 Å². The summed E-state index contributed by atoms with van der Waals surface area (Å²) < 4.78 is 5.41. The fraction of sp³-hybridized carbons (Fsp3) is 0.467. The maximum Gasteiger partial charge on any atom is 0.319 e. The van der Waals surface area contributed by atoms with E-state index in [4.69, 9.17) is 4.74 Å². The van der Waals surface area contributed by atoms with Gasteiger partial charge in [0.2, 0.25) is 0 Å². The third-order valence-electron chi connectivity index (χ3n) is 3.91. The summed E-state index contributed by atoms with van der Waals surface area (Å²) in [6, 6.07) is 5.88. The molecular weight excluding hydrogens is 274 g/mol. The molecule has 1 heterocycles. The van der Waals surface area contributed by atoms with Crippen LogP contribution < -0.4 is 0 Å². The van der Waals surface area contributed by atoms with Gasteiger partial charge in [-0.3, -0.25) is 19.7 Å². The first-order chi connectivity index (χ1) is 9.78. The smallest absolute Gasteiger partial charge is 0.319 e. The highest BCUT2D eigenvalue weighted by atomic mass is 16.6. The molecule has 0 unspecified atom stereocenters. The Bertz CT molecular complexity index is 608. The van der Waals surface area contributed by atoms with Crippen molar-refractivity contribution < 1.29 is 19.2 Å². The first-order valence-electron chi connectivity index (χ1n) is 6.78. The number of non-ortho nitro benzene ring substituents is 1. The Hall–Kier alpha value is -2.24. The lowest BCUT2D eigenvalue weighted by Crippen LogP contribution is -2.47. The van der Waals surface area contributed by atoms with Gasteiger partial charge in [0.05, 0.1) is 10.8 Å². The first kappa shape index (κ1) is 15.2. The van der Waals surface area contributed by atoms with E-state index in [2.05, 4.69) is 0 Å². The largest absolute Gasteiger partial charge is 0.456 e. The maximum absolute atomic E-state index is 12.5. The zero-order valence-electron chi connectivity index (χ0n) is 12.2. The zero-order chi connectivity index (χ0) is 15.8. The molecule has 1 aliphatic rings. The molecule has 2 rings (SSSR count). The average molecular weight is 291 g/mol. The van der Waals surface area contributed by atoms with Crippen molar-refractivity contribution in [2.24, 2.45) is 11.3 Å². The van der Waals surface area contributed by atoms with Crippen LogP contribution in [0, 0.1) is 21.4 Å². The standard InChI is InChI=1S/C15H17NO5/c1-4-11-12(21-14(18)15(2,3)13(11)17)9-6-5-7-10(8-9)16(19)20/h5-8,11-12H,4H2,1-3H3/t11-,12-/m0/s1. The number of nitro benzene ring substituents is 1. The molecule has 0 spiro atoms. The van der Waals surface area contributed by atoms with E-state index in [0.29, 0.717) is 12.0 Å². The van der Waals surface area contributed by atoms with Gasteiger partial charge in [0.15, 0.2) is 5.78 Å². The van der Waals surface area contributed by atoms with E-state index in [9.17, 15) is 19.7 Å². The minimum Gasteiger partial charge on any atom is -0.456 e. The predicted molar refractivity (Wildman–Crippen MR) is 74.5 cm³/mol. The third kappa shape index (κ3) is 2.53. The Morgan fingerprint density at radius 2 is 2.00 bits per heavy atom. The normalized spacial score (nSPS) is 24.5. The van der Waals surface area contributed by atoms with Crippen LogP contribution in [0.2, 0.25) is 0 Å². The van der Waals surface area contributed by atoms with Gasteiger partial charge in [0.25, 0.3) is 5.69 Å². The van der Waals surface area contributed by atoms with E-state index in [1.807, 2.05) is 6.92 Å². The lowest BCUT2D eigenvalue weighted by molar-refractivity contribution is -0.385. The molecule has 0 N–H and O–H groups in total. The van der Waals surface area contributed by atoms with Gasteiger partial charge in [0, 0.05) is 12.1 Å². The Labute approximate surface area is 122 Å². The summed E-state index contributed by atoms with van der Waals surface area (Å²) in [6.45, 7) is 4.93. The number of ether oxygens (including phenoxy) is 1. The Balaban J connectivity index is 2.43. The number of rotatable bonds is 3. The second kappa shape index (κ2) is 5.27. The maximum atomic E-state index is 12.5. The van der Waals surface area contributed by atoms with Crippen molar-refractivity contribution in [2.75, 3.05) is 0 Å². The SMILES string of the molecule is CC[C@@H]1C(=O)C(C)(C)C(=O)O[C@H]1c1cccc([N+](=O)[O-])c1. The summed E-state index contributed by atoms with van der Waals surface area (Å²) in [5.41, 5.74) is -0.776. The third-order valence-corrected chi connectivity index (χ3v) is 3.91. The number of benzene rings is 1. The molecule has 1 aliphatic heterocycles. The molecule has 21 heavy (non-hydrogen) atoms. The van der Waals surface area contributed by atoms with E-state index >= 15 is 0 Å². The quantitative estimate of drug-likeness (QED) is 0.370. The van der Waals surface area contributed by atoms with E-state index in [-0.39, 0.29) is 11.5 Å². The Morgan fingerprint density at radius 3 is 2.57 bits per heavy atom. The molecule has 0 amide bonds. The molecule has 6 nitrogen and oxygen atoms in total. The summed E-state index contributed by atoms with van der Waals surface area (Å²) in [7, 11) is 0. The van der Waals surface area contributed by atoms with Gasteiger partial charge in [-0.25, -0.2) is 0 Å². The van der Waals surface area contributed by atoms with Gasteiger partial charge in [-0.1, -0.05) is 19.1 Å². The molecule has 0 aromatic heterocycles. The van der Waals surface area contributed by atoms with Gasteiger partial charge in [-0.05, 0) is 25.8 Å². The van der Waals surface area contributed by atoms with Crippen molar-refractivity contribution in [3.8, 4) is 0 Å². The number of Topliss-reactive ketones (excluding diaryl/α,β-unsaturated/α-hetero) is 1. The van der Waals surface area contributed by atoms with Crippen molar-refractivity contribution in [3.05, 3.63) is 39.9 Å². The van der Waals surface area contributed by atoms with Gasteiger partial charge in [0.1, 0.15) is 11.5 Å². The second-order valence-electron chi connectivity index (χ2n) is 5.68. The fourth-order valence-corrected chi connectivity index (χ4v) is 2.56. The van der Waals surface area contributed by atoms with Crippen molar-refractivity contribution >= 4 is 17.4 Å². The molecule has 6 heteroatoms. The molecule has 0 aliphatic carbocycles. The van der Waals surface area contributed by atoms with Crippen molar-refractivity contribution in [2.45, 2.75) is 33.3 Å². The Kier molecular flexibility index (Phi) is 3.80. The second-order valence-corrected chi connectivity index (χ2v) is 5.68. The highest BCUT2D eigenvalue weighted by Crippen LogP contribution is 2.41. The number of hydrogen-bond acceptors (Lipinski definition) is 5. The lowest BCUT2D eigenvalue weighted by atomic mass is 9.74. The number of esters is 1. The highest BCUT2D eigenvalue weighted by molar-refractivity contribution is 6.06. The van der Waals surface area contributed by atoms with Crippen molar-refractivity contribution in [1.29, 1.82) is 0 Å². The summed E-state index contributed by atoms with van der Waals surface area (Å²) in [4.78, 5) is 34.8.